The van der Waals surface area contributed by atoms with E-state index in [0.29, 0.717) is 17.8 Å². The molecule has 0 saturated heterocycles. The lowest BCUT2D eigenvalue weighted by molar-refractivity contribution is 0.0941. The van der Waals surface area contributed by atoms with E-state index in [0.717, 1.165) is 20.8 Å². The first-order chi connectivity index (χ1) is 8.32. The van der Waals surface area contributed by atoms with E-state index in [2.05, 4.69) is 48.9 Å². The van der Waals surface area contributed by atoms with Crippen molar-refractivity contribution >= 4 is 33.2 Å². The van der Waals surface area contributed by atoms with Crippen molar-refractivity contribution in [3.63, 3.8) is 0 Å². The molecule has 1 aromatic heterocycles. The molecule has 0 atom stereocenters. The summed E-state index contributed by atoms with van der Waals surface area (Å²) in [5.74, 6) is 1.74. The van der Waals surface area contributed by atoms with Gasteiger partial charge in [-0.25, -0.2) is 0 Å². The van der Waals surface area contributed by atoms with Crippen molar-refractivity contribution in [1.29, 1.82) is 0 Å². The van der Waals surface area contributed by atoms with Gasteiger partial charge in [0.25, 0.3) is 5.91 Å². The van der Waals surface area contributed by atoms with Crippen molar-refractivity contribution in [2.45, 2.75) is 34.6 Å². The number of amides is 1. The third-order valence-corrected chi connectivity index (χ3v) is 5.43. The van der Waals surface area contributed by atoms with Crippen LogP contribution in [-0.2, 0) is 0 Å². The molecule has 0 spiro atoms. The summed E-state index contributed by atoms with van der Waals surface area (Å²) in [6, 6.07) is 1.93. The summed E-state index contributed by atoms with van der Waals surface area (Å²) in [6.45, 7) is 11.6. The van der Waals surface area contributed by atoms with Crippen LogP contribution >= 0.6 is 27.3 Å². The molecule has 0 unspecified atom stereocenters. The maximum atomic E-state index is 12.0. The summed E-state index contributed by atoms with van der Waals surface area (Å²) in [5, 5.41) is 3.05. The van der Waals surface area contributed by atoms with E-state index in [1.54, 1.807) is 0 Å². The molecule has 0 aliphatic heterocycles. The Hall–Kier alpha value is -0.350. The number of carbonyl (C=O) groups is 1. The Bertz CT molecular complexity index is 384. The van der Waals surface area contributed by atoms with Crippen LogP contribution in [0.4, 0.5) is 0 Å². The average Bonchev–Trinajstić information content (AvgIpc) is 2.58. The van der Waals surface area contributed by atoms with Crippen molar-refractivity contribution in [2.24, 2.45) is 17.8 Å². The Morgan fingerprint density at radius 1 is 1.33 bits per heavy atom. The highest BCUT2D eigenvalue weighted by Crippen LogP contribution is 2.27. The second-order valence-corrected chi connectivity index (χ2v) is 7.80. The molecule has 4 heteroatoms. The Morgan fingerprint density at radius 2 is 1.89 bits per heavy atom. The first-order valence-electron chi connectivity index (χ1n) is 6.37. The molecule has 1 aromatic rings. The zero-order valence-electron chi connectivity index (χ0n) is 11.7. The summed E-state index contributed by atoms with van der Waals surface area (Å²) in [5.41, 5.74) is 1.12. The number of aryl methyl sites for hydroxylation is 1. The third-order valence-electron chi connectivity index (χ3n) is 3.29. The van der Waals surface area contributed by atoms with Crippen molar-refractivity contribution in [3.8, 4) is 0 Å². The van der Waals surface area contributed by atoms with Gasteiger partial charge in [-0.05, 0) is 52.2 Å². The monoisotopic (exact) mass is 331 g/mol. The summed E-state index contributed by atoms with van der Waals surface area (Å²) < 4.78 is 1.04. The molecule has 0 fully saturated rings. The number of thiophene rings is 1. The molecule has 1 amide bonds. The molecule has 1 rings (SSSR count). The number of hydrogen-bond acceptors (Lipinski definition) is 2. The van der Waals surface area contributed by atoms with E-state index in [1.807, 2.05) is 13.0 Å². The molecule has 1 heterocycles. The topological polar surface area (TPSA) is 29.1 Å². The van der Waals surface area contributed by atoms with E-state index in [1.165, 1.54) is 11.3 Å². The minimum absolute atomic E-state index is 0.0418. The highest BCUT2D eigenvalue weighted by atomic mass is 79.9. The molecule has 0 radical (unpaired) electrons. The largest absolute Gasteiger partial charge is 0.351 e. The highest BCUT2D eigenvalue weighted by Gasteiger charge is 2.19. The molecule has 0 aromatic carbocycles. The van der Waals surface area contributed by atoms with Gasteiger partial charge in [0.2, 0.25) is 0 Å². The fourth-order valence-corrected chi connectivity index (χ4v) is 3.56. The van der Waals surface area contributed by atoms with E-state index < -0.39 is 0 Å². The second kappa shape index (κ2) is 6.71. The molecule has 0 aliphatic carbocycles. The normalized spacial score (nSPS) is 11.6. The van der Waals surface area contributed by atoms with Crippen LogP contribution in [0.25, 0.3) is 0 Å². The van der Waals surface area contributed by atoms with E-state index in [9.17, 15) is 4.79 Å². The van der Waals surface area contributed by atoms with Crippen LogP contribution in [0.2, 0.25) is 0 Å². The minimum atomic E-state index is 0.0418. The van der Waals surface area contributed by atoms with Crippen LogP contribution < -0.4 is 5.32 Å². The van der Waals surface area contributed by atoms with Gasteiger partial charge in [-0.15, -0.1) is 11.3 Å². The van der Waals surface area contributed by atoms with E-state index in [-0.39, 0.29) is 5.91 Å². The van der Waals surface area contributed by atoms with Crippen LogP contribution in [0, 0.1) is 24.7 Å². The van der Waals surface area contributed by atoms with Crippen LogP contribution in [0.15, 0.2) is 9.85 Å². The predicted molar refractivity (Wildman–Crippen MR) is 82.3 cm³/mol. The fourth-order valence-electron chi connectivity index (χ4n) is 2.11. The second-order valence-electron chi connectivity index (χ2n) is 5.43. The minimum Gasteiger partial charge on any atom is -0.351 e. The van der Waals surface area contributed by atoms with Crippen molar-refractivity contribution < 1.29 is 4.79 Å². The van der Waals surface area contributed by atoms with E-state index >= 15 is 0 Å². The molecule has 0 aliphatic rings. The fraction of sp³-hybridized carbons (Fsp3) is 0.643. The number of halogens is 1. The first-order valence-corrected chi connectivity index (χ1v) is 7.98. The Balaban J connectivity index is 2.60. The molecule has 0 saturated carbocycles. The average molecular weight is 332 g/mol. The van der Waals surface area contributed by atoms with Gasteiger partial charge in [0, 0.05) is 6.54 Å². The summed E-state index contributed by atoms with van der Waals surface area (Å²) in [6.07, 6.45) is 0. The Morgan fingerprint density at radius 3 is 2.28 bits per heavy atom. The van der Waals surface area contributed by atoms with Gasteiger partial charge in [0.05, 0.1) is 8.66 Å². The lowest BCUT2D eigenvalue weighted by Gasteiger charge is -2.24. The Kier molecular flexibility index (Phi) is 5.86. The highest BCUT2D eigenvalue weighted by molar-refractivity contribution is 9.11. The lowest BCUT2D eigenvalue weighted by atomic mass is 9.85. The zero-order valence-corrected chi connectivity index (χ0v) is 14.1. The van der Waals surface area contributed by atoms with Crippen molar-refractivity contribution in [2.75, 3.05) is 6.54 Å². The van der Waals surface area contributed by atoms with Crippen LogP contribution in [-0.4, -0.2) is 12.5 Å². The maximum absolute atomic E-state index is 12.0. The summed E-state index contributed by atoms with van der Waals surface area (Å²) in [7, 11) is 0. The van der Waals surface area contributed by atoms with Crippen LogP contribution in [0.5, 0.6) is 0 Å². The third kappa shape index (κ3) is 4.09. The molecule has 1 N–H and O–H groups in total. The standard InChI is InChI=1S/C14H22BrNOS/c1-8(2)11(9(3)4)7-16-14(17)12-6-10(5)13(15)18-12/h6,8-9,11H,7H2,1-5H3,(H,16,17). The van der Waals surface area contributed by atoms with Crippen LogP contribution in [0.1, 0.15) is 42.9 Å². The van der Waals surface area contributed by atoms with Gasteiger partial charge < -0.3 is 5.32 Å². The number of rotatable bonds is 5. The predicted octanol–water partition coefficient (Wildman–Crippen LogP) is 4.48. The molecular weight excluding hydrogens is 310 g/mol. The van der Waals surface area contributed by atoms with Crippen LogP contribution in [0.3, 0.4) is 0 Å². The van der Waals surface area contributed by atoms with Gasteiger partial charge in [0.15, 0.2) is 0 Å². The smallest absolute Gasteiger partial charge is 0.261 e. The molecule has 0 bridgehead atoms. The lowest BCUT2D eigenvalue weighted by Crippen LogP contribution is -2.33. The maximum Gasteiger partial charge on any atom is 0.261 e. The Labute approximate surface area is 122 Å². The summed E-state index contributed by atoms with van der Waals surface area (Å²) in [4.78, 5) is 12.8. The number of hydrogen-bond donors (Lipinski definition) is 1. The number of carbonyl (C=O) groups excluding carboxylic acids is 1. The van der Waals surface area contributed by atoms with Gasteiger partial charge in [-0.3, -0.25) is 4.79 Å². The van der Waals surface area contributed by atoms with Gasteiger partial charge in [-0.1, -0.05) is 27.7 Å². The molecular formula is C14H22BrNOS. The quantitative estimate of drug-likeness (QED) is 0.846. The van der Waals surface area contributed by atoms with Crippen molar-refractivity contribution in [3.05, 3.63) is 20.3 Å². The number of nitrogens with one attached hydrogen (secondary N) is 1. The SMILES string of the molecule is Cc1cc(C(=O)NCC(C(C)C)C(C)C)sc1Br. The summed E-state index contributed by atoms with van der Waals surface area (Å²) >= 11 is 4.94. The van der Waals surface area contributed by atoms with Crippen molar-refractivity contribution in [1.82, 2.24) is 5.32 Å². The van der Waals surface area contributed by atoms with Gasteiger partial charge in [-0.2, -0.15) is 0 Å². The molecule has 18 heavy (non-hydrogen) atoms. The van der Waals surface area contributed by atoms with Gasteiger partial charge >= 0.3 is 0 Å². The molecule has 2 nitrogen and oxygen atoms in total. The first kappa shape index (κ1) is 15.7. The molecule has 102 valence electrons. The van der Waals surface area contributed by atoms with E-state index in [4.69, 9.17) is 0 Å². The van der Waals surface area contributed by atoms with Gasteiger partial charge in [0.1, 0.15) is 0 Å². The zero-order chi connectivity index (χ0) is 13.9.